The lowest BCUT2D eigenvalue weighted by Gasteiger charge is -2.31. The van der Waals surface area contributed by atoms with Crippen LogP contribution in [0.25, 0.3) is 0 Å². The van der Waals surface area contributed by atoms with E-state index in [1.54, 1.807) is 0 Å². The van der Waals surface area contributed by atoms with Crippen LogP contribution in [0.15, 0.2) is 30.3 Å². The van der Waals surface area contributed by atoms with Crippen molar-refractivity contribution in [3.63, 3.8) is 0 Å². The summed E-state index contributed by atoms with van der Waals surface area (Å²) in [4.78, 5) is 2.37. The molecule has 0 radical (unpaired) electrons. The van der Waals surface area contributed by atoms with Gasteiger partial charge in [0.1, 0.15) is 0 Å². The number of nitrogens with one attached hydrogen (secondary N) is 1. The van der Waals surface area contributed by atoms with E-state index in [0.29, 0.717) is 6.04 Å². The smallest absolute Gasteiger partial charge is 0.165 e. The van der Waals surface area contributed by atoms with Gasteiger partial charge in [-0.15, -0.1) is 5.10 Å². The number of nitrogens with zero attached hydrogens (tertiary/aromatic N) is 5. The number of hydrogen-bond donors (Lipinski definition) is 1. The maximum atomic E-state index is 4.19. The van der Waals surface area contributed by atoms with Gasteiger partial charge in [0.2, 0.25) is 0 Å². The summed E-state index contributed by atoms with van der Waals surface area (Å²) in [7, 11) is 2.16. The van der Waals surface area contributed by atoms with Gasteiger partial charge in [0, 0.05) is 6.04 Å². The molecule has 0 saturated carbocycles. The first-order chi connectivity index (χ1) is 10.3. The van der Waals surface area contributed by atoms with Crippen molar-refractivity contribution in [3.05, 3.63) is 41.7 Å². The van der Waals surface area contributed by atoms with Gasteiger partial charge in [0.15, 0.2) is 5.82 Å². The zero-order valence-electron chi connectivity index (χ0n) is 12.4. The second-order valence-corrected chi connectivity index (χ2v) is 5.63. The second kappa shape index (κ2) is 6.78. The van der Waals surface area contributed by atoms with Crippen molar-refractivity contribution < 1.29 is 0 Å². The minimum absolute atomic E-state index is 0.619. The fraction of sp³-hybridized carbons (Fsp3) is 0.533. The molecule has 1 saturated heterocycles. The van der Waals surface area contributed by atoms with Crippen molar-refractivity contribution in [2.45, 2.75) is 32.0 Å². The van der Waals surface area contributed by atoms with Crippen molar-refractivity contribution in [1.29, 1.82) is 0 Å². The van der Waals surface area contributed by atoms with E-state index >= 15 is 0 Å². The molecule has 0 bridgehead atoms. The molecular formula is C15H22N6. The highest BCUT2D eigenvalue weighted by molar-refractivity contribution is 5.14. The number of rotatable bonds is 5. The first-order valence-corrected chi connectivity index (χ1v) is 7.53. The van der Waals surface area contributed by atoms with Crippen molar-refractivity contribution in [3.8, 4) is 0 Å². The Hall–Kier alpha value is -1.79. The van der Waals surface area contributed by atoms with Crippen LogP contribution < -0.4 is 5.32 Å². The summed E-state index contributed by atoms with van der Waals surface area (Å²) in [6.07, 6.45) is 2.38. The summed E-state index contributed by atoms with van der Waals surface area (Å²) in [6.45, 7) is 3.72. The van der Waals surface area contributed by atoms with Crippen LogP contribution in [0.1, 0.15) is 24.2 Å². The van der Waals surface area contributed by atoms with E-state index in [0.717, 1.165) is 32.0 Å². The monoisotopic (exact) mass is 286 g/mol. The molecule has 6 nitrogen and oxygen atoms in total. The minimum Gasteiger partial charge on any atom is -0.317 e. The summed E-state index contributed by atoms with van der Waals surface area (Å²) in [6, 6.07) is 10.9. The molecule has 1 N–H and O–H groups in total. The predicted octanol–water partition coefficient (Wildman–Crippen LogP) is 0.905. The molecule has 1 fully saturated rings. The van der Waals surface area contributed by atoms with Crippen molar-refractivity contribution >= 4 is 0 Å². The summed E-state index contributed by atoms with van der Waals surface area (Å²) in [5.74, 6) is 0.930. The van der Waals surface area contributed by atoms with Gasteiger partial charge >= 0.3 is 0 Å². The molecule has 1 aromatic carbocycles. The summed E-state index contributed by atoms with van der Waals surface area (Å²) < 4.78 is 1.90. The van der Waals surface area contributed by atoms with Crippen LogP contribution in [0.2, 0.25) is 0 Å². The number of benzene rings is 1. The molecule has 0 amide bonds. The fourth-order valence-electron chi connectivity index (χ4n) is 2.82. The Kier molecular flexibility index (Phi) is 4.57. The predicted molar refractivity (Wildman–Crippen MR) is 80.7 cm³/mol. The van der Waals surface area contributed by atoms with E-state index in [-0.39, 0.29) is 0 Å². The highest BCUT2D eigenvalue weighted by Gasteiger charge is 2.19. The van der Waals surface area contributed by atoms with Gasteiger partial charge in [-0.1, -0.05) is 30.3 Å². The lowest BCUT2D eigenvalue weighted by atomic mass is 10.1. The first-order valence-electron chi connectivity index (χ1n) is 7.53. The van der Waals surface area contributed by atoms with Crippen LogP contribution >= 0.6 is 0 Å². The quantitative estimate of drug-likeness (QED) is 0.885. The summed E-state index contributed by atoms with van der Waals surface area (Å²) in [5, 5.41) is 15.6. The maximum Gasteiger partial charge on any atom is 0.165 e. The van der Waals surface area contributed by atoms with Crippen LogP contribution in [0.3, 0.4) is 0 Å². The number of aromatic nitrogens is 4. The second-order valence-electron chi connectivity index (χ2n) is 5.63. The third kappa shape index (κ3) is 3.65. The Morgan fingerprint density at radius 3 is 2.76 bits per heavy atom. The summed E-state index contributed by atoms with van der Waals surface area (Å²) >= 11 is 0. The molecule has 6 heteroatoms. The molecule has 21 heavy (non-hydrogen) atoms. The number of hydrogen-bond acceptors (Lipinski definition) is 5. The van der Waals surface area contributed by atoms with E-state index < -0.39 is 0 Å². The molecule has 112 valence electrons. The Labute approximate surface area is 125 Å². The number of tetrazole rings is 1. The average molecular weight is 286 g/mol. The zero-order chi connectivity index (χ0) is 14.5. The lowest BCUT2D eigenvalue weighted by molar-refractivity contribution is 0.185. The molecule has 0 unspecified atom stereocenters. The van der Waals surface area contributed by atoms with Gasteiger partial charge in [0.25, 0.3) is 0 Å². The molecule has 1 aromatic heterocycles. The molecule has 0 aliphatic carbocycles. The van der Waals surface area contributed by atoms with Gasteiger partial charge in [-0.3, -0.25) is 4.90 Å². The Balaban J connectivity index is 1.64. The van der Waals surface area contributed by atoms with Crippen LogP contribution in [0.5, 0.6) is 0 Å². The third-order valence-electron chi connectivity index (χ3n) is 4.10. The molecule has 3 rings (SSSR count). The average Bonchev–Trinajstić information content (AvgIpc) is 2.96. The standard InChI is InChI=1S/C15H22N6/c1-20(14-7-9-16-10-8-14)12-15-17-18-19-21(15)11-13-5-3-2-4-6-13/h2-6,14,16H,7-12H2,1H3. The normalized spacial score (nSPS) is 16.5. The van der Waals surface area contributed by atoms with Gasteiger partial charge in [0.05, 0.1) is 13.1 Å². The third-order valence-corrected chi connectivity index (χ3v) is 4.10. The van der Waals surface area contributed by atoms with E-state index in [2.05, 4.69) is 44.9 Å². The van der Waals surface area contributed by atoms with Crippen LogP contribution in [-0.2, 0) is 13.1 Å². The Morgan fingerprint density at radius 1 is 1.24 bits per heavy atom. The van der Waals surface area contributed by atoms with Gasteiger partial charge in [-0.05, 0) is 49.0 Å². The molecule has 2 heterocycles. The molecule has 2 aromatic rings. The Morgan fingerprint density at radius 2 is 2.00 bits per heavy atom. The zero-order valence-corrected chi connectivity index (χ0v) is 12.4. The lowest BCUT2D eigenvalue weighted by Crippen LogP contribution is -2.41. The van der Waals surface area contributed by atoms with E-state index in [4.69, 9.17) is 0 Å². The van der Waals surface area contributed by atoms with Crippen molar-refractivity contribution in [2.75, 3.05) is 20.1 Å². The topological polar surface area (TPSA) is 58.9 Å². The highest BCUT2D eigenvalue weighted by Crippen LogP contribution is 2.12. The van der Waals surface area contributed by atoms with E-state index in [1.165, 1.54) is 18.4 Å². The molecule has 0 spiro atoms. The van der Waals surface area contributed by atoms with Crippen molar-refractivity contribution in [1.82, 2.24) is 30.4 Å². The van der Waals surface area contributed by atoms with Crippen LogP contribution in [0.4, 0.5) is 0 Å². The van der Waals surface area contributed by atoms with Crippen molar-refractivity contribution in [2.24, 2.45) is 0 Å². The minimum atomic E-state index is 0.619. The Bertz CT molecular complexity index is 546. The van der Waals surface area contributed by atoms with E-state index in [9.17, 15) is 0 Å². The van der Waals surface area contributed by atoms with Gasteiger partial charge < -0.3 is 5.32 Å². The van der Waals surface area contributed by atoms with Gasteiger partial charge in [-0.2, -0.15) is 0 Å². The maximum absolute atomic E-state index is 4.19. The molecule has 1 aliphatic rings. The first kappa shape index (κ1) is 14.2. The molecule has 1 aliphatic heterocycles. The van der Waals surface area contributed by atoms with Crippen LogP contribution in [0, 0.1) is 0 Å². The molecule has 0 atom stereocenters. The largest absolute Gasteiger partial charge is 0.317 e. The highest BCUT2D eigenvalue weighted by atomic mass is 15.5. The SMILES string of the molecule is CN(Cc1nnnn1Cc1ccccc1)C1CCNCC1. The molecular weight excluding hydrogens is 264 g/mol. The van der Waals surface area contributed by atoms with Gasteiger partial charge in [-0.25, -0.2) is 4.68 Å². The fourth-order valence-corrected chi connectivity index (χ4v) is 2.82. The number of piperidine rings is 1. The van der Waals surface area contributed by atoms with Crippen LogP contribution in [-0.4, -0.2) is 51.3 Å². The summed E-state index contributed by atoms with van der Waals surface area (Å²) in [5.41, 5.74) is 1.22. The van der Waals surface area contributed by atoms with E-state index in [1.807, 2.05) is 22.9 Å².